The predicted molar refractivity (Wildman–Crippen MR) is 93.8 cm³/mol. The Bertz CT molecular complexity index is 983. The number of hydrogen-bond acceptors (Lipinski definition) is 2. The first-order valence-electron chi connectivity index (χ1n) is 8.50. The number of piperidine rings is 1. The van der Waals surface area contributed by atoms with Gasteiger partial charge in [-0.2, -0.15) is 0 Å². The van der Waals surface area contributed by atoms with Crippen LogP contribution in [0.3, 0.4) is 0 Å². The molecule has 2 N–H and O–H groups in total. The van der Waals surface area contributed by atoms with Crippen molar-refractivity contribution in [2.45, 2.75) is 18.9 Å². The van der Waals surface area contributed by atoms with Gasteiger partial charge >= 0.3 is 5.97 Å². The van der Waals surface area contributed by atoms with Crippen LogP contribution in [-0.4, -0.2) is 44.5 Å². The number of likely N-dealkylation sites (tertiary alicyclic amines) is 1. The average molecular weight is 355 g/mol. The van der Waals surface area contributed by atoms with E-state index in [-0.39, 0.29) is 23.5 Å². The van der Waals surface area contributed by atoms with Crippen molar-refractivity contribution in [1.82, 2.24) is 14.5 Å². The van der Waals surface area contributed by atoms with Gasteiger partial charge in [0, 0.05) is 36.2 Å². The predicted octanol–water partition coefficient (Wildman–Crippen LogP) is 3.28. The van der Waals surface area contributed by atoms with E-state index in [1.54, 1.807) is 39.9 Å². The molecular weight excluding hydrogens is 337 g/mol. The third-order valence-corrected chi connectivity index (χ3v) is 4.96. The number of fused-ring (bicyclic) bond motifs is 1. The number of nitrogens with one attached hydrogen (secondary N) is 1. The first kappa shape index (κ1) is 16.4. The van der Waals surface area contributed by atoms with Gasteiger partial charge < -0.3 is 19.6 Å². The third-order valence-electron chi connectivity index (χ3n) is 4.96. The summed E-state index contributed by atoms with van der Waals surface area (Å²) in [5.74, 6) is -1.40. The Balaban J connectivity index is 1.47. The molecule has 2 aromatic heterocycles. The molecule has 0 atom stereocenters. The third kappa shape index (κ3) is 2.85. The lowest BCUT2D eigenvalue weighted by Gasteiger charge is -2.33. The van der Waals surface area contributed by atoms with Gasteiger partial charge in [0.15, 0.2) is 0 Å². The van der Waals surface area contributed by atoms with Crippen LogP contribution >= 0.6 is 0 Å². The van der Waals surface area contributed by atoms with Crippen molar-refractivity contribution in [3.63, 3.8) is 0 Å². The number of aromatic carboxylic acids is 1. The number of carboxylic acid groups (broad SMARTS) is 1. The minimum absolute atomic E-state index is 0.0666. The van der Waals surface area contributed by atoms with Crippen LogP contribution in [0.1, 0.15) is 39.9 Å². The number of rotatable bonds is 3. The molecule has 1 aromatic carbocycles. The number of nitrogens with zero attached hydrogens (tertiary/aromatic N) is 2. The molecule has 0 unspecified atom stereocenters. The summed E-state index contributed by atoms with van der Waals surface area (Å²) in [4.78, 5) is 28.8. The van der Waals surface area contributed by atoms with Crippen molar-refractivity contribution < 1.29 is 19.1 Å². The second kappa shape index (κ2) is 6.33. The molecule has 26 heavy (non-hydrogen) atoms. The van der Waals surface area contributed by atoms with E-state index in [0.29, 0.717) is 37.0 Å². The number of carbonyl (C=O) groups is 2. The van der Waals surface area contributed by atoms with E-state index in [4.69, 9.17) is 0 Å². The zero-order valence-corrected chi connectivity index (χ0v) is 14.0. The summed E-state index contributed by atoms with van der Waals surface area (Å²) in [6.45, 7) is 1.09. The zero-order chi connectivity index (χ0) is 18.3. The van der Waals surface area contributed by atoms with Crippen LogP contribution in [0.5, 0.6) is 0 Å². The van der Waals surface area contributed by atoms with Crippen molar-refractivity contribution in [3.8, 4) is 0 Å². The van der Waals surface area contributed by atoms with Gasteiger partial charge in [-0.15, -0.1) is 0 Å². The first-order chi connectivity index (χ1) is 12.5. The molecule has 6 nitrogen and oxygen atoms in total. The largest absolute Gasteiger partial charge is 0.477 e. The Hall–Kier alpha value is -3.09. The maximum Gasteiger partial charge on any atom is 0.352 e. The summed E-state index contributed by atoms with van der Waals surface area (Å²) in [5, 5.41) is 9.91. The van der Waals surface area contributed by atoms with E-state index in [1.165, 1.54) is 12.1 Å². The monoisotopic (exact) mass is 355 g/mol. The van der Waals surface area contributed by atoms with Gasteiger partial charge in [0.2, 0.25) is 0 Å². The lowest BCUT2D eigenvalue weighted by molar-refractivity contribution is 0.0648. The summed E-state index contributed by atoms with van der Waals surface area (Å²) < 4.78 is 15.1. The Kier molecular flexibility index (Phi) is 3.99. The highest BCUT2D eigenvalue weighted by atomic mass is 19.1. The molecule has 7 heteroatoms. The Labute approximate surface area is 148 Å². The van der Waals surface area contributed by atoms with Crippen molar-refractivity contribution >= 4 is 22.8 Å². The van der Waals surface area contributed by atoms with Crippen LogP contribution in [0.4, 0.5) is 4.39 Å². The van der Waals surface area contributed by atoms with Gasteiger partial charge in [-0.3, -0.25) is 4.79 Å². The van der Waals surface area contributed by atoms with E-state index < -0.39 is 5.97 Å². The molecule has 3 aromatic rings. The topological polar surface area (TPSA) is 78.3 Å². The highest BCUT2D eigenvalue weighted by Crippen LogP contribution is 2.26. The van der Waals surface area contributed by atoms with Crippen LogP contribution in [-0.2, 0) is 0 Å². The van der Waals surface area contributed by atoms with Gasteiger partial charge in [-0.25, -0.2) is 9.18 Å². The molecule has 0 bridgehead atoms. The highest BCUT2D eigenvalue weighted by Gasteiger charge is 2.27. The minimum atomic E-state index is -0.946. The fraction of sp³-hybridized carbons (Fsp3) is 0.263. The number of hydrogen-bond donors (Lipinski definition) is 2. The molecule has 0 radical (unpaired) electrons. The van der Waals surface area contributed by atoms with Gasteiger partial charge in [0.1, 0.15) is 17.2 Å². The molecule has 1 saturated heterocycles. The molecule has 1 fully saturated rings. The number of halogens is 1. The van der Waals surface area contributed by atoms with Crippen LogP contribution in [0.15, 0.2) is 42.6 Å². The van der Waals surface area contributed by atoms with E-state index >= 15 is 0 Å². The number of aromatic nitrogens is 2. The molecule has 1 aliphatic heterocycles. The van der Waals surface area contributed by atoms with E-state index in [2.05, 4.69) is 4.98 Å². The van der Waals surface area contributed by atoms with Gasteiger partial charge in [-0.1, -0.05) is 0 Å². The molecule has 1 aliphatic rings. The summed E-state index contributed by atoms with van der Waals surface area (Å²) in [6.07, 6.45) is 3.16. The van der Waals surface area contributed by atoms with Crippen LogP contribution in [0, 0.1) is 5.82 Å². The summed E-state index contributed by atoms with van der Waals surface area (Å²) in [7, 11) is 0. The number of amides is 1. The lowest BCUT2D eigenvalue weighted by Crippen LogP contribution is -2.39. The van der Waals surface area contributed by atoms with Crippen molar-refractivity contribution in [2.75, 3.05) is 13.1 Å². The van der Waals surface area contributed by atoms with Crippen molar-refractivity contribution in [1.29, 1.82) is 0 Å². The number of carbonyl (C=O) groups excluding carboxylic acids is 1. The fourth-order valence-electron chi connectivity index (χ4n) is 3.63. The summed E-state index contributed by atoms with van der Waals surface area (Å²) >= 11 is 0. The molecule has 0 spiro atoms. The number of benzene rings is 1. The fourth-order valence-corrected chi connectivity index (χ4v) is 3.63. The quantitative estimate of drug-likeness (QED) is 0.757. The van der Waals surface area contributed by atoms with Crippen LogP contribution in [0.2, 0.25) is 0 Å². The maximum atomic E-state index is 13.3. The molecule has 0 saturated carbocycles. The number of H-pyrrole nitrogens is 1. The lowest BCUT2D eigenvalue weighted by atomic mass is 10.0. The van der Waals surface area contributed by atoms with Gasteiger partial charge in [0.25, 0.3) is 5.91 Å². The zero-order valence-electron chi connectivity index (χ0n) is 14.0. The summed E-state index contributed by atoms with van der Waals surface area (Å²) in [6, 6.07) is 9.42. The Morgan fingerprint density at radius 2 is 1.92 bits per heavy atom. The highest BCUT2D eigenvalue weighted by molar-refractivity contribution is 5.98. The normalized spacial score (nSPS) is 15.5. The van der Waals surface area contributed by atoms with E-state index in [0.717, 1.165) is 5.52 Å². The van der Waals surface area contributed by atoms with E-state index in [1.807, 2.05) is 0 Å². The molecular formula is C19H18FN3O3. The van der Waals surface area contributed by atoms with Gasteiger partial charge in [0.05, 0.1) is 0 Å². The summed E-state index contributed by atoms with van der Waals surface area (Å²) in [5.41, 5.74) is 1.44. The number of carboxylic acids is 1. The van der Waals surface area contributed by atoms with E-state index in [9.17, 15) is 19.1 Å². The SMILES string of the molecule is O=C(O)c1cccn1C1CCN(C(=O)c2cc3cc(F)ccc3[nH]2)CC1. The van der Waals surface area contributed by atoms with Gasteiger partial charge in [-0.05, 0) is 49.2 Å². The van der Waals surface area contributed by atoms with Crippen LogP contribution < -0.4 is 0 Å². The second-order valence-corrected chi connectivity index (χ2v) is 6.54. The molecule has 3 heterocycles. The van der Waals surface area contributed by atoms with Crippen molar-refractivity contribution in [2.24, 2.45) is 0 Å². The first-order valence-corrected chi connectivity index (χ1v) is 8.50. The smallest absolute Gasteiger partial charge is 0.352 e. The molecule has 0 aliphatic carbocycles. The minimum Gasteiger partial charge on any atom is -0.477 e. The Morgan fingerprint density at radius 1 is 1.15 bits per heavy atom. The van der Waals surface area contributed by atoms with Crippen molar-refractivity contribution in [3.05, 3.63) is 59.8 Å². The molecule has 4 rings (SSSR count). The number of aromatic amines is 1. The average Bonchev–Trinajstić information content (AvgIpc) is 3.28. The second-order valence-electron chi connectivity index (χ2n) is 6.54. The van der Waals surface area contributed by atoms with Crippen LogP contribution in [0.25, 0.3) is 10.9 Å². The standard InChI is InChI=1S/C19H18FN3O3/c20-13-3-4-15-12(10-13)11-16(21-15)18(24)22-8-5-14(6-9-22)23-7-1-2-17(23)19(25)26/h1-4,7,10-11,14,21H,5-6,8-9H2,(H,25,26). The maximum absolute atomic E-state index is 13.3. The molecule has 1 amide bonds. The molecule has 134 valence electrons. The Morgan fingerprint density at radius 3 is 2.65 bits per heavy atom.